The fourth-order valence-corrected chi connectivity index (χ4v) is 2.42. The Morgan fingerprint density at radius 3 is 2.41 bits per heavy atom. The molecule has 0 aliphatic heterocycles. The van der Waals surface area contributed by atoms with Crippen molar-refractivity contribution in [3.05, 3.63) is 23.8 Å². The van der Waals surface area contributed by atoms with Crippen LogP contribution in [0.2, 0.25) is 0 Å². The molecule has 0 radical (unpaired) electrons. The van der Waals surface area contributed by atoms with Crippen LogP contribution in [0.4, 0.5) is 0 Å². The Bertz CT molecular complexity index is 417. The number of methoxy groups -OCH3 is 3. The van der Waals surface area contributed by atoms with Crippen molar-refractivity contribution < 1.29 is 23.8 Å². The molecular formula is C12H14O5. The summed E-state index contributed by atoms with van der Waals surface area (Å²) >= 11 is 0. The minimum atomic E-state index is -1.41. The Labute approximate surface area is 99.0 Å². The van der Waals surface area contributed by atoms with Gasteiger partial charge in [0, 0.05) is 19.8 Å². The van der Waals surface area contributed by atoms with Crippen LogP contribution in [0.1, 0.15) is 0 Å². The average molecular weight is 238 g/mol. The number of Topliss-reactive ketones (excluding diaryl/α,β-unsaturated/α-hetero) is 1. The van der Waals surface area contributed by atoms with E-state index in [0.717, 1.165) is 0 Å². The molecule has 0 N–H and O–H groups in total. The van der Waals surface area contributed by atoms with Crippen molar-refractivity contribution in [3.8, 4) is 0 Å². The lowest BCUT2D eigenvalue weighted by molar-refractivity contribution is -0.224. The number of carbonyl (C=O) groups excluding carboxylic acids is 2. The SMILES string of the molecule is COC(=O)C1=C[C@@H]2C=C[C@H]1C(OC)(OC)C2=O. The van der Waals surface area contributed by atoms with E-state index in [-0.39, 0.29) is 5.78 Å². The number of fused-ring (bicyclic) bond motifs is 1. The van der Waals surface area contributed by atoms with Gasteiger partial charge in [0.1, 0.15) is 0 Å². The largest absolute Gasteiger partial charge is 0.466 e. The van der Waals surface area contributed by atoms with Crippen LogP contribution in [0.3, 0.4) is 0 Å². The minimum Gasteiger partial charge on any atom is -0.466 e. The second kappa shape index (κ2) is 4.09. The summed E-state index contributed by atoms with van der Waals surface area (Å²) in [7, 11) is 4.09. The third-order valence-electron chi connectivity index (χ3n) is 3.29. The third-order valence-corrected chi connectivity index (χ3v) is 3.29. The first kappa shape index (κ1) is 12.0. The van der Waals surface area contributed by atoms with Crippen LogP contribution in [0, 0.1) is 11.8 Å². The zero-order chi connectivity index (χ0) is 12.6. The molecular weight excluding hydrogens is 224 g/mol. The van der Waals surface area contributed by atoms with Crippen molar-refractivity contribution in [2.24, 2.45) is 11.8 Å². The molecule has 3 aliphatic carbocycles. The second-order valence-electron chi connectivity index (χ2n) is 3.94. The van der Waals surface area contributed by atoms with Crippen molar-refractivity contribution in [1.29, 1.82) is 0 Å². The van der Waals surface area contributed by atoms with Crippen LogP contribution in [0.25, 0.3) is 0 Å². The van der Waals surface area contributed by atoms with Crippen LogP contribution >= 0.6 is 0 Å². The van der Waals surface area contributed by atoms with Gasteiger partial charge in [-0.2, -0.15) is 0 Å². The summed E-state index contributed by atoms with van der Waals surface area (Å²) in [5.74, 6) is -3.10. The molecule has 17 heavy (non-hydrogen) atoms. The van der Waals surface area contributed by atoms with Gasteiger partial charge >= 0.3 is 5.97 Å². The minimum absolute atomic E-state index is 0.192. The fraction of sp³-hybridized carbons (Fsp3) is 0.500. The molecule has 2 bridgehead atoms. The lowest BCUT2D eigenvalue weighted by atomic mass is 9.71. The van der Waals surface area contributed by atoms with E-state index in [1.54, 1.807) is 18.2 Å². The van der Waals surface area contributed by atoms with E-state index < -0.39 is 23.6 Å². The first-order chi connectivity index (χ1) is 8.10. The topological polar surface area (TPSA) is 61.8 Å². The summed E-state index contributed by atoms with van der Waals surface area (Å²) in [5.41, 5.74) is 0.406. The summed E-state index contributed by atoms with van der Waals surface area (Å²) < 4.78 is 15.2. The number of esters is 1. The van der Waals surface area contributed by atoms with Crippen molar-refractivity contribution in [2.45, 2.75) is 5.79 Å². The lowest BCUT2D eigenvalue weighted by Crippen LogP contribution is -2.57. The molecule has 0 saturated carbocycles. The van der Waals surface area contributed by atoms with Crippen LogP contribution in [0.15, 0.2) is 23.8 Å². The van der Waals surface area contributed by atoms with Crippen molar-refractivity contribution in [2.75, 3.05) is 21.3 Å². The van der Waals surface area contributed by atoms with Gasteiger partial charge in [-0.1, -0.05) is 18.2 Å². The van der Waals surface area contributed by atoms with E-state index in [4.69, 9.17) is 14.2 Å². The Morgan fingerprint density at radius 2 is 1.88 bits per heavy atom. The Morgan fingerprint density at radius 1 is 1.24 bits per heavy atom. The molecule has 5 heteroatoms. The number of hydrogen-bond donors (Lipinski definition) is 0. The van der Waals surface area contributed by atoms with Gasteiger partial charge in [0.2, 0.25) is 11.6 Å². The van der Waals surface area contributed by atoms with Gasteiger partial charge in [-0.15, -0.1) is 0 Å². The Balaban J connectivity index is 2.49. The molecule has 0 amide bonds. The number of allylic oxidation sites excluding steroid dienone is 2. The molecule has 0 unspecified atom stereocenters. The number of carbonyl (C=O) groups is 2. The highest BCUT2D eigenvalue weighted by atomic mass is 16.7. The Hall–Kier alpha value is -1.46. The molecule has 0 saturated heterocycles. The maximum atomic E-state index is 12.1. The van der Waals surface area contributed by atoms with Gasteiger partial charge in [-0.05, 0) is 0 Å². The summed E-state index contributed by atoms with van der Waals surface area (Å²) in [6.45, 7) is 0. The highest BCUT2D eigenvalue weighted by Crippen LogP contribution is 2.43. The smallest absolute Gasteiger partial charge is 0.334 e. The van der Waals surface area contributed by atoms with Crippen LogP contribution in [0.5, 0.6) is 0 Å². The highest BCUT2D eigenvalue weighted by Gasteiger charge is 2.55. The second-order valence-corrected chi connectivity index (χ2v) is 3.94. The normalized spacial score (nSPS) is 29.1. The van der Waals surface area contributed by atoms with Crippen LogP contribution in [-0.2, 0) is 23.8 Å². The molecule has 0 fully saturated rings. The molecule has 5 nitrogen and oxygen atoms in total. The molecule has 3 aliphatic rings. The zero-order valence-corrected chi connectivity index (χ0v) is 9.93. The summed E-state index contributed by atoms with van der Waals surface area (Å²) in [6, 6.07) is 0. The van der Waals surface area contributed by atoms with E-state index in [2.05, 4.69) is 0 Å². The average Bonchev–Trinajstić information content (AvgIpc) is 2.39. The first-order valence-corrected chi connectivity index (χ1v) is 5.23. The molecule has 0 aromatic rings. The number of rotatable bonds is 3. The fourth-order valence-electron chi connectivity index (χ4n) is 2.42. The summed E-state index contributed by atoms with van der Waals surface area (Å²) in [4.78, 5) is 23.8. The van der Waals surface area contributed by atoms with Gasteiger partial charge < -0.3 is 14.2 Å². The van der Waals surface area contributed by atoms with Crippen molar-refractivity contribution in [3.63, 3.8) is 0 Å². The monoisotopic (exact) mass is 238 g/mol. The third kappa shape index (κ3) is 1.46. The maximum absolute atomic E-state index is 12.1. The number of hydrogen-bond acceptors (Lipinski definition) is 5. The molecule has 92 valence electrons. The molecule has 3 rings (SSSR count). The highest BCUT2D eigenvalue weighted by molar-refractivity contribution is 6.01. The predicted molar refractivity (Wildman–Crippen MR) is 58.0 cm³/mol. The van der Waals surface area contributed by atoms with Gasteiger partial charge in [0.05, 0.1) is 18.9 Å². The lowest BCUT2D eigenvalue weighted by Gasteiger charge is -2.43. The van der Waals surface area contributed by atoms with E-state index in [1.165, 1.54) is 21.3 Å². The first-order valence-electron chi connectivity index (χ1n) is 5.23. The summed E-state index contributed by atoms with van der Waals surface area (Å²) in [6.07, 6.45) is 5.11. The quantitative estimate of drug-likeness (QED) is 0.406. The molecule has 0 spiro atoms. The molecule has 0 heterocycles. The van der Waals surface area contributed by atoms with Gasteiger partial charge in [0.25, 0.3) is 0 Å². The number of ketones is 1. The summed E-state index contributed by atoms with van der Waals surface area (Å²) in [5, 5.41) is 0. The maximum Gasteiger partial charge on any atom is 0.334 e. The van der Waals surface area contributed by atoms with Crippen molar-refractivity contribution >= 4 is 11.8 Å². The van der Waals surface area contributed by atoms with Crippen molar-refractivity contribution in [1.82, 2.24) is 0 Å². The van der Waals surface area contributed by atoms with Crippen LogP contribution < -0.4 is 0 Å². The van der Waals surface area contributed by atoms with Gasteiger partial charge in [-0.3, -0.25) is 4.79 Å². The zero-order valence-electron chi connectivity index (χ0n) is 9.93. The molecule has 2 atom stereocenters. The van der Waals surface area contributed by atoms with E-state index in [1.807, 2.05) is 0 Å². The Kier molecular flexibility index (Phi) is 2.89. The molecule has 0 aromatic heterocycles. The van der Waals surface area contributed by atoms with Crippen LogP contribution in [-0.4, -0.2) is 38.9 Å². The van der Waals surface area contributed by atoms with Gasteiger partial charge in [0.15, 0.2) is 0 Å². The predicted octanol–water partition coefficient (Wildman–Crippen LogP) is 0.460. The van der Waals surface area contributed by atoms with E-state index in [0.29, 0.717) is 5.57 Å². The van der Waals surface area contributed by atoms with E-state index in [9.17, 15) is 9.59 Å². The molecule has 0 aromatic carbocycles. The van der Waals surface area contributed by atoms with E-state index >= 15 is 0 Å². The number of ether oxygens (including phenoxy) is 3. The van der Waals surface area contributed by atoms with Gasteiger partial charge in [-0.25, -0.2) is 4.79 Å². The standard InChI is InChI=1S/C12H14O5/c1-15-11(14)8-6-7-4-5-9(8)12(16-2,17-3)10(7)13/h4-7,9H,1-3H3/t7-,9+/m0/s1.